The number of nitrogens with zero attached hydrogens (tertiary/aromatic N) is 2. The lowest BCUT2D eigenvalue weighted by molar-refractivity contribution is 0.0722. The van der Waals surface area contributed by atoms with Crippen molar-refractivity contribution in [3.8, 4) is 5.75 Å². The van der Waals surface area contributed by atoms with E-state index >= 15 is 0 Å². The fraction of sp³-hybridized carbons (Fsp3) is 0.320. The molecule has 0 radical (unpaired) electrons. The highest BCUT2D eigenvalue weighted by Crippen LogP contribution is 2.40. The number of hydrogen-bond donors (Lipinski definition) is 0. The smallest absolute Gasteiger partial charge is 0.381 e. The molecule has 1 aliphatic rings. The van der Waals surface area contributed by atoms with Crippen molar-refractivity contribution in [2.24, 2.45) is 5.41 Å². The average Bonchev–Trinajstić information content (AvgIpc) is 2.68. The Morgan fingerprint density at radius 2 is 1.83 bits per heavy atom. The van der Waals surface area contributed by atoms with Crippen LogP contribution in [0.25, 0.3) is 6.08 Å². The van der Waals surface area contributed by atoms with E-state index in [4.69, 9.17) is 4.74 Å². The van der Waals surface area contributed by atoms with Gasteiger partial charge in [0.1, 0.15) is 5.75 Å². The molecule has 3 rings (SSSR count). The third-order valence-corrected chi connectivity index (χ3v) is 5.26. The van der Waals surface area contributed by atoms with Crippen LogP contribution in [0.3, 0.4) is 0 Å². The van der Waals surface area contributed by atoms with E-state index in [0.29, 0.717) is 5.75 Å². The van der Waals surface area contributed by atoms with Gasteiger partial charge in [-0.1, -0.05) is 55.3 Å². The van der Waals surface area contributed by atoms with Gasteiger partial charge in [-0.2, -0.15) is 0 Å². The topological polar surface area (TPSA) is 52.1 Å². The van der Waals surface area contributed by atoms with Gasteiger partial charge in [-0.05, 0) is 62.3 Å². The molecule has 0 fully saturated rings. The quantitative estimate of drug-likeness (QED) is 0.348. The number of aromatic nitrogens is 2. The Bertz CT molecular complexity index is 952. The largest absolute Gasteiger partial charge is 0.421 e. The number of esters is 1. The van der Waals surface area contributed by atoms with Crippen molar-refractivity contribution in [2.45, 2.75) is 47.0 Å². The average molecular weight is 389 g/mol. The zero-order valence-corrected chi connectivity index (χ0v) is 17.6. The normalized spacial score (nSPS) is 16.9. The number of hydrogen-bond acceptors (Lipinski definition) is 4. The van der Waals surface area contributed by atoms with Crippen LogP contribution in [0.4, 0.5) is 0 Å². The zero-order valence-electron chi connectivity index (χ0n) is 17.6. The van der Waals surface area contributed by atoms with Crippen LogP contribution >= 0.6 is 0 Å². The Morgan fingerprint density at radius 3 is 2.48 bits per heavy atom. The van der Waals surface area contributed by atoms with Crippen molar-refractivity contribution >= 4 is 12.0 Å². The number of ether oxygens (including phenoxy) is 1. The van der Waals surface area contributed by atoms with Crippen LogP contribution < -0.4 is 4.74 Å². The summed E-state index contributed by atoms with van der Waals surface area (Å²) in [6.45, 7) is 8.92. The highest BCUT2D eigenvalue weighted by Gasteiger charge is 2.26. The van der Waals surface area contributed by atoms with Crippen molar-refractivity contribution in [3.05, 3.63) is 83.0 Å². The van der Waals surface area contributed by atoms with Crippen molar-refractivity contribution in [1.29, 1.82) is 0 Å². The second kappa shape index (κ2) is 8.99. The maximum Gasteiger partial charge on any atom is 0.381 e. The monoisotopic (exact) mass is 388 g/mol. The molecule has 1 aromatic carbocycles. The molecule has 1 heterocycles. The summed E-state index contributed by atoms with van der Waals surface area (Å²) in [5.74, 6) is -0.0458. The van der Waals surface area contributed by atoms with E-state index in [0.717, 1.165) is 11.1 Å². The van der Waals surface area contributed by atoms with E-state index in [-0.39, 0.29) is 11.2 Å². The molecule has 0 unspecified atom stereocenters. The lowest BCUT2D eigenvalue weighted by Crippen LogP contribution is -2.19. The van der Waals surface area contributed by atoms with Gasteiger partial charge in [0.25, 0.3) is 0 Å². The SMILES string of the molecule is CC1=C(/C=C/C(C)=C/c2cnc(C(=O)Oc3ccccc3)nc2)C(C)(C)CCC1. The minimum absolute atomic E-state index is 0.0453. The highest BCUT2D eigenvalue weighted by molar-refractivity contribution is 5.87. The third kappa shape index (κ3) is 5.50. The van der Waals surface area contributed by atoms with Crippen LogP contribution in [0, 0.1) is 5.41 Å². The summed E-state index contributed by atoms with van der Waals surface area (Å²) in [4.78, 5) is 20.4. The molecule has 0 saturated heterocycles. The molecule has 4 heteroatoms. The van der Waals surface area contributed by atoms with Crippen LogP contribution in [0.15, 0.2) is 71.6 Å². The molecule has 150 valence electrons. The first-order valence-corrected chi connectivity index (χ1v) is 10.0. The number of carbonyl (C=O) groups is 1. The van der Waals surface area contributed by atoms with Gasteiger partial charge < -0.3 is 4.74 Å². The molecule has 1 aliphatic carbocycles. The Hall–Kier alpha value is -3.01. The number of allylic oxidation sites excluding steroid dienone is 5. The van der Waals surface area contributed by atoms with Gasteiger partial charge in [0.05, 0.1) is 0 Å². The Balaban J connectivity index is 1.68. The Morgan fingerprint density at radius 1 is 1.14 bits per heavy atom. The molecule has 29 heavy (non-hydrogen) atoms. The molecule has 0 bridgehead atoms. The van der Waals surface area contributed by atoms with Crippen LogP contribution in [-0.2, 0) is 0 Å². The summed E-state index contributed by atoms with van der Waals surface area (Å²) in [6.07, 6.45) is 13.3. The summed E-state index contributed by atoms with van der Waals surface area (Å²) in [6, 6.07) is 8.91. The minimum Gasteiger partial charge on any atom is -0.421 e. The third-order valence-electron chi connectivity index (χ3n) is 5.26. The lowest BCUT2D eigenvalue weighted by Gasteiger charge is -2.32. The van der Waals surface area contributed by atoms with Crippen molar-refractivity contribution in [2.75, 3.05) is 0 Å². The van der Waals surface area contributed by atoms with Crippen LogP contribution in [0.1, 0.15) is 63.1 Å². The Labute approximate surface area is 173 Å². The molecular formula is C25H28N2O2. The van der Waals surface area contributed by atoms with E-state index < -0.39 is 5.97 Å². The summed E-state index contributed by atoms with van der Waals surface area (Å²) < 4.78 is 5.26. The highest BCUT2D eigenvalue weighted by atomic mass is 16.5. The molecule has 4 nitrogen and oxygen atoms in total. The standard InChI is InChI=1S/C25H28N2O2/c1-18(12-13-22-19(2)9-8-14-25(22,3)4)15-20-16-26-23(27-17-20)24(28)29-21-10-6-5-7-11-21/h5-7,10-13,15-17H,8-9,14H2,1-4H3/b13-12+,18-15+. The predicted octanol–water partition coefficient (Wildman–Crippen LogP) is 6.18. The van der Waals surface area contributed by atoms with E-state index in [1.54, 1.807) is 36.7 Å². The van der Waals surface area contributed by atoms with Gasteiger partial charge in [0.15, 0.2) is 0 Å². The summed E-state index contributed by atoms with van der Waals surface area (Å²) in [5, 5.41) is 0. The van der Waals surface area contributed by atoms with Crippen LogP contribution in [0.5, 0.6) is 5.75 Å². The van der Waals surface area contributed by atoms with E-state index in [1.165, 1.54) is 30.4 Å². The molecule has 2 aromatic rings. The molecule has 0 atom stereocenters. The maximum absolute atomic E-state index is 12.1. The second-order valence-corrected chi connectivity index (χ2v) is 8.20. The van der Waals surface area contributed by atoms with Crippen molar-refractivity contribution in [1.82, 2.24) is 9.97 Å². The number of benzene rings is 1. The lowest BCUT2D eigenvalue weighted by atomic mass is 9.72. The molecule has 1 aromatic heterocycles. The Kier molecular flexibility index (Phi) is 6.42. The fourth-order valence-corrected chi connectivity index (χ4v) is 3.70. The number of rotatable bonds is 5. The molecule has 0 N–H and O–H groups in total. The maximum atomic E-state index is 12.1. The molecule has 0 spiro atoms. The van der Waals surface area contributed by atoms with E-state index in [1.807, 2.05) is 12.1 Å². The van der Waals surface area contributed by atoms with Gasteiger partial charge in [-0.25, -0.2) is 14.8 Å². The van der Waals surface area contributed by atoms with E-state index in [9.17, 15) is 4.79 Å². The molecule has 0 amide bonds. The van der Waals surface area contributed by atoms with Gasteiger partial charge in [-0.15, -0.1) is 0 Å². The first-order valence-electron chi connectivity index (χ1n) is 10.0. The van der Waals surface area contributed by atoms with E-state index in [2.05, 4.69) is 49.8 Å². The van der Waals surface area contributed by atoms with Gasteiger partial charge in [0.2, 0.25) is 5.82 Å². The van der Waals surface area contributed by atoms with Gasteiger partial charge >= 0.3 is 5.97 Å². The summed E-state index contributed by atoms with van der Waals surface area (Å²) in [5.41, 5.74) is 5.09. The first kappa shape index (κ1) is 20.7. The predicted molar refractivity (Wildman–Crippen MR) is 117 cm³/mol. The minimum atomic E-state index is -0.565. The first-order chi connectivity index (χ1) is 13.8. The molecule has 0 saturated carbocycles. The van der Waals surface area contributed by atoms with Crippen LogP contribution in [0.2, 0.25) is 0 Å². The number of para-hydroxylation sites is 1. The second-order valence-electron chi connectivity index (χ2n) is 8.20. The molecule has 0 aliphatic heterocycles. The van der Waals surface area contributed by atoms with Gasteiger partial charge in [0, 0.05) is 18.0 Å². The molecular weight excluding hydrogens is 360 g/mol. The summed E-state index contributed by atoms with van der Waals surface area (Å²) >= 11 is 0. The zero-order chi connectivity index (χ0) is 20.9. The summed E-state index contributed by atoms with van der Waals surface area (Å²) in [7, 11) is 0. The number of carbonyl (C=O) groups excluding carboxylic acids is 1. The van der Waals surface area contributed by atoms with Crippen molar-refractivity contribution < 1.29 is 9.53 Å². The van der Waals surface area contributed by atoms with Gasteiger partial charge in [-0.3, -0.25) is 0 Å². The van der Waals surface area contributed by atoms with Crippen molar-refractivity contribution in [3.63, 3.8) is 0 Å². The van der Waals surface area contributed by atoms with Crippen LogP contribution in [-0.4, -0.2) is 15.9 Å². The fourth-order valence-electron chi connectivity index (χ4n) is 3.70.